The summed E-state index contributed by atoms with van der Waals surface area (Å²) in [5.74, 6) is 1.52. The summed E-state index contributed by atoms with van der Waals surface area (Å²) in [5, 5.41) is 3.55. The second-order valence-corrected chi connectivity index (χ2v) is 6.78. The molecule has 3 nitrogen and oxygen atoms in total. The van der Waals surface area contributed by atoms with Crippen LogP contribution in [0.25, 0.3) is 0 Å². The first-order valence-electron chi connectivity index (χ1n) is 9.29. The molecule has 0 radical (unpaired) electrons. The van der Waals surface area contributed by atoms with Crippen molar-refractivity contribution in [2.75, 3.05) is 7.11 Å². The first kappa shape index (κ1) is 19.0. The highest BCUT2D eigenvalue weighted by Gasteiger charge is 2.08. The minimum absolute atomic E-state index is 0.287. The van der Waals surface area contributed by atoms with Crippen molar-refractivity contribution in [3.63, 3.8) is 0 Å². The summed E-state index contributed by atoms with van der Waals surface area (Å²) in [6, 6.07) is 25.2. The SMILES string of the molecule is COc1cc(CNC(C)c2ccccc2)ccc1OCc1cccc(C)c1. The van der Waals surface area contributed by atoms with Gasteiger partial charge < -0.3 is 14.8 Å². The third kappa shape index (κ3) is 5.35. The smallest absolute Gasteiger partial charge is 0.161 e. The van der Waals surface area contributed by atoms with Crippen LogP contribution < -0.4 is 14.8 Å². The Labute approximate surface area is 162 Å². The van der Waals surface area contributed by atoms with E-state index in [-0.39, 0.29) is 6.04 Å². The highest BCUT2D eigenvalue weighted by molar-refractivity contribution is 5.43. The zero-order chi connectivity index (χ0) is 19.1. The van der Waals surface area contributed by atoms with Gasteiger partial charge in [0.2, 0.25) is 0 Å². The van der Waals surface area contributed by atoms with Gasteiger partial charge in [-0.2, -0.15) is 0 Å². The van der Waals surface area contributed by atoms with Gasteiger partial charge in [-0.1, -0.05) is 66.2 Å². The van der Waals surface area contributed by atoms with Crippen LogP contribution in [0.2, 0.25) is 0 Å². The van der Waals surface area contributed by atoms with Crippen LogP contribution >= 0.6 is 0 Å². The van der Waals surface area contributed by atoms with Gasteiger partial charge in [0.25, 0.3) is 0 Å². The van der Waals surface area contributed by atoms with Gasteiger partial charge in [0.1, 0.15) is 6.61 Å². The third-order valence-electron chi connectivity index (χ3n) is 4.62. The summed E-state index contributed by atoms with van der Waals surface area (Å²) in [7, 11) is 1.68. The number of nitrogens with one attached hydrogen (secondary N) is 1. The molecule has 0 aliphatic carbocycles. The molecule has 0 heterocycles. The summed E-state index contributed by atoms with van der Waals surface area (Å²) in [5.41, 5.74) is 4.83. The molecular formula is C24H27NO2. The number of methoxy groups -OCH3 is 1. The van der Waals surface area contributed by atoms with Crippen LogP contribution in [0.15, 0.2) is 72.8 Å². The van der Waals surface area contributed by atoms with Crippen molar-refractivity contribution in [1.29, 1.82) is 0 Å². The zero-order valence-electron chi connectivity index (χ0n) is 16.2. The van der Waals surface area contributed by atoms with Crippen LogP contribution in [-0.4, -0.2) is 7.11 Å². The van der Waals surface area contributed by atoms with Gasteiger partial charge in [0.15, 0.2) is 11.5 Å². The van der Waals surface area contributed by atoms with Crippen molar-refractivity contribution < 1.29 is 9.47 Å². The molecule has 0 amide bonds. The van der Waals surface area contributed by atoms with E-state index in [1.807, 2.05) is 24.3 Å². The summed E-state index contributed by atoms with van der Waals surface area (Å²) in [6.45, 7) is 5.56. The molecular weight excluding hydrogens is 334 g/mol. The van der Waals surface area contributed by atoms with Gasteiger partial charge in [-0.25, -0.2) is 0 Å². The van der Waals surface area contributed by atoms with E-state index in [4.69, 9.17) is 9.47 Å². The minimum atomic E-state index is 0.287. The Morgan fingerprint density at radius 1 is 0.852 bits per heavy atom. The van der Waals surface area contributed by atoms with Crippen molar-refractivity contribution >= 4 is 0 Å². The first-order chi connectivity index (χ1) is 13.2. The van der Waals surface area contributed by atoms with E-state index in [0.29, 0.717) is 6.61 Å². The Bertz CT molecular complexity index is 861. The second kappa shape index (κ2) is 9.24. The number of rotatable bonds is 8. The van der Waals surface area contributed by atoms with Crippen LogP contribution in [0, 0.1) is 6.92 Å². The molecule has 0 saturated heterocycles. The molecule has 3 heteroatoms. The molecule has 1 atom stereocenters. The highest BCUT2D eigenvalue weighted by Crippen LogP contribution is 2.29. The number of ether oxygens (including phenoxy) is 2. The van der Waals surface area contributed by atoms with Crippen LogP contribution in [0.3, 0.4) is 0 Å². The van der Waals surface area contributed by atoms with E-state index in [0.717, 1.165) is 29.2 Å². The maximum absolute atomic E-state index is 5.97. The standard InChI is InChI=1S/C24H27NO2/c1-18-8-7-9-21(14-18)17-27-23-13-12-20(15-24(23)26-3)16-25-19(2)22-10-5-4-6-11-22/h4-15,19,25H,16-17H2,1-3H3. The topological polar surface area (TPSA) is 30.5 Å². The molecule has 1 N–H and O–H groups in total. The number of hydrogen-bond donors (Lipinski definition) is 1. The van der Waals surface area contributed by atoms with Crippen molar-refractivity contribution in [2.24, 2.45) is 0 Å². The maximum atomic E-state index is 5.97. The first-order valence-corrected chi connectivity index (χ1v) is 9.29. The Kier molecular flexibility index (Phi) is 6.50. The number of benzene rings is 3. The van der Waals surface area contributed by atoms with E-state index < -0.39 is 0 Å². The lowest BCUT2D eigenvalue weighted by molar-refractivity contribution is 0.284. The lowest BCUT2D eigenvalue weighted by atomic mass is 10.1. The Morgan fingerprint density at radius 3 is 2.41 bits per heavy atom. The van der Waals surface area contributed by atoms with Crippen molar-refractivity contribution in [1.82, 2.24) is 5.32 Å². The number of hydrogen-bond acceptors (Lipinski definition) is 3. The fourth-order valence-electron chi connectivity index (χ4n) is 3.03. The predicted molar refractivity (Wildman–Crippen MR) is 110 cm³/mol. The second-order valence-electron chi connectivity index (χ2n) is 6.78. The maximum Gasteiger partial charge on any atom is 0.161 e. The lowest BCUT2D eigenvalue weighted by Crippen LogP contribution is -2.18. The van der Waals surface area contributed by atoms with E-state index >= 15 is 0 Å². The van der Waals surface area contributed by atoms with Gasteiger partial charge >= 0.3 is 0 Å². The molecule has 1 unspecified atom stereocenters. The fourth-order valence-corrected chi connectivity index (χ4v) is 3.03. The summed E-state index contributed by atoms with van der Waals surface area (Å²) < 4.78 is 11.5. The average Bonchev–Trinajstić information content (AvgIpc) is 2.71. The van der Waals surface area contributed by atoms with Crippen LogP contribution in [0.4, 0.5) is 0 Å². The van der Waals surface area contributed by atoms with Gasteiger partial charge in [-0.15, -0.1) is 0 Å². The normalized spacial score (nSPS) is 11.8. The minimum Gasteiger partial charge on any atom is -0.493 e. The molecule has 140 valence electrons. The van der Waals surface area contributed by atoms with Crippen molar-refractivity contribution in [2.45, 2.75) is 33.0 Å². The van der Waals surface area contributed by atoms with Crippen LogP contribution in [0.1, 0.15) is 35.2 Å². The Balaban J connectivity index is 1.61. The molecule has 0 saturated carbocycles. The molecule has 0 aliphatic rings. The van der Waals surface area contributed by atoms with E-state index in [1.165, 1.54) is 11.1 Å². The van der Waals surface area contributed by atoms with Crippen LogP contribution in [0.5, 0.6) is 11.5 Å². The Morgan fingerprint density at radius 2 is 1.67 bits per heavy atom. The van der Waals surface area contributed by atoms with Crippen molar-refractivity contribution in [3.05, 3.63) is 95.1 Å². The van der Waals surface area contributed by atoms with Gasteiger partial charge in [0.05, 0.1) is 7.11 Å². The molecule has 3 aromatic rings. The summed E-state index contributed by atoms with van der Waals surface area (Å²) in [6.07, 6.45) is 0. The molecule has 0 spiro atoms. The summed E-state index contributed by atoms with van der Waals surface area (Å²) in [4.78, 5) is 0. The largest absolute Gasteiger partial charge is 0.493 e. The van der Waals surface area contributed by atoms with Crippen molar-refractivity contribution in [3.8, 4) is 11.5 Å². The van der Waals surface area contributed by atoms with Crippen LogP contribution in [-0.2, 0) is 13.2 Å². The molecule has 0 bridgehead atoms. The van der Waals surface area contributed by atoms with Gasteiger partial charge in [-0.3, -0.25) is 0 Å². The molecule has 3 aromatic carbocycles. The highest BCUT2D eigenvalue weighted by atomic mass is 16.5. The van der Waals surface area contributed by atoms with Gasteiger partial charge in [-0.05, 0) is 42.7 Å². The molecule has 3 rings (SSSR count). The molecule has 27 heavy (non-hydrogen) atoms. The lowest BCUT2D eigenvalue weighted by Gasteiger charge is -2.16. The quantitative estimate of drug-likeness (QED) is 0.580. The predicted octanol–water partition coefficient (Wildman–Crippen LogP) is 5.43. The fraction of sp³-hybridized carbons (Fsp3) is 0.250. The third-order valence-corrected chi connectivity index (χ3v) is 4.62. The average molecular weight is 361 g/mol. The zero-order valence-corrected chi connectivity index (χ0v) is 16.2. The van der Waals surface area contributed by atoms with E-state index in [1.54, 1.807) is 7.11 Å². The van der Waals surface area contributed by atoms with E-state index in [9.17, 15) is 0 Å². The molecule has 0 fully saturated rings. The monoisotopic (exact) mass is 361 g/mol. The summed E-state index contributed by atoms with van der Waals surface area (Å²) >= 11 is 0. The Hall–Kier alpha value is -2.78. The number of aryl methyl sites for hydroxylation is 1. The van der Waals surface area contributed by atoms with E-state index in [2.05, 4.69) is 67.7 Å². The van der Waals surface area contributed by atoms with Gasteiger partial charge in [0, 0.05) is 12.6 Å². The molecule has 0 aromatic heterocycles. The molecule has 0 aliphatic heterocycles.